The molecule has 0 amide bonds. The van der Waals surface area contributed by atoms with Gasteiger partial charge in [-0.1, -0.05) is 189 Å². The third-order valence-corrected chi connectivity index (χ3v) is 9.92. The molecule has 5 nitrogen and oxygen atoms in total. The molecule has 0 bridgehead atoms. The summed E-state index contributed by atoms with van der Waals surface area (Å²) in [5.74, 6) is -0.437. The van der Waals surface area contributed by atoms with Crippen molar-refractivity contribution in [3.8, 4) is 0 Å². The first-order valence-corrected chi connectivity index (χ1v) is 24.1. The Kier molecular flexibility index (Phi) is 46.0. The lowest BCUT2D eigenvalue weighted by molar-refractivity contribution is -0.163. The second-order valence-corrected chi connectivity index (χ2v) is 15.6. The Hall–Kier alpha value is -2.92. The second kappa shape index (κ2) is 48.4. The van der Waals surface area contributed by atoms with Crippen LogP contribution in [-0.4, -0.2) is 37.9 Å². The Labute approximate surface area is 359 Å². The molecule has 0 aliphatic carbocycles. The van der Waals surface area contributed by atoms with Gasteiger partial charge in [-0.2, -0.15) is 0 Å². The number of hydrogen-bond donors (Lipinski definition) is 0. The number of ether oxygens (including phenoxy) is 3. The van der Waals surface area contributed by atoms with E-state index in [0.29, 0.717) is 19.4 Å². The summed E-state index contributed by atoms with van der Waals surface area (Å²) < 4.78 is 17.2. The van der Waals surface area contributed by atoms with E-state index in [2.05, 4.69) is 106 Å². The van der Waals surface area contributed by atoms with Crippen LogP contribution in [0.25, 0.3) is 0 Å². The fraction of sp³-hybridized carbons (Fsp3) is 0.698. The lowest BCUT2D eigenvalue weighted by Crippen LogP contribution is -2.30. The minimum absolute atomic E-state index is 0.0668. The van der Waals surface area contributed by atoms with Crippen molar-refractivity contribution in [3.63, 3.8) is 0 Å². The quantitative estimate of drug-likeness (QED) is 0.0349. The first-order chi connectivity index (χ1) is 28.6. The molecule has 0 saturated carbocycles. The normalized spacial score (nSPS) is 12.9. The molecule has 0 spiro atoms. The first-order valence-electron chi connectivity index (χ1n) is 24.1. The highest BCUT2D eigenvalue weighted by Gasteiger charge is 2.17. The van der Waals surface area contributed by atoms with Gasteiger partial charge in [-0.15, -0.1) is 0 Å². The molecule has 5 heteroatoms. The summed E-state index contributed by atoms with van der Waals surface area (Å²) in [7, 11) is 0. The number of allylic oxidation sites excluding steroid dienone is 14. The van der Waals surface area contributed by atoms with E-state index in [4.69, 9.17) is 14.2 Å². The minimum Gasteiger partial charge on any atom is -0.462 e. The molecule has 0 aliphatic heterocycles. The molecule has 0 fully saturated rings. The Bertz CT molecular complexity index is 1090. The van der Waals surface area contributed by atoms with Gasteiger partial charge in [0, 0.05) is 19.4 Å². The van der Waals surface area contributed by atoms with E-state index in [1.165, 1.54) is 83.5 Å². The smallest absolute Gasteiger partial charge is 0.306 e. The summed E-state index contributed by atoms with van der Waals surface area (Å²) in [5, 5.41) is 0. The zero-order chi connectivity index (χ0) is 42.1. The maximum atomic E-state index is 12.6. The van der Waals surface area contributed by atoms with Gasteiger partial charge in [-0.25, -0.2) is 0 Å². The van der Waals surface area contributed by atoms with E-state index in [9.17, 15) is 9.59 Å². The first kappa shape index (κ1) is 55.1. The Morgan fingerprint density at radius 3 is 1.28 bits per heavy atom. The number of carbonyl (C=O) groups excluding carboxylic acids is 2. The van der Waals surface area contributed by atoms with Crippen LogP contribution in [0, 0.1) is 0 Å². The predicted octanol–water partition coefficient (Wildman–Crippen LogP) is 16.1. The molecule has 0 rings (SSSR count). The van der Waals surface area contributed by atoms with Crippen LogP contribution in [0.3, 0.4) is 0 Å². The molecular weight excluding hydrogens is 717 g/mol. The lowest BCUT2D eigenvalue weighted by Gasteiger charge is -2.18. The van der Waals surface area contributed by atoms with E-state index in [1.807, 2.05) is 0 Å². The standard InChI is InChI=1S/C53H90O5/c1-4-7-10-13-15-17-19-21-23-25-26-27-29-31-33-35-37-39-42-45-48-56-49-51(58-53(55)47-44-40-12-9-6-3)50-57-52(54)46-43-41-38-36-34-32-30-28-24-22-20-18-16-14-11-8-5-2/h7,10,15-18,21-24,26-27,31,33,51H,4-6,8-9,11-14,19-20,25,28-30,32,34-50H2,1-3H3/b10-7-,17-15-,18-16-,23-21-,24-22-,27-26-,33-31-. The lowest BCUT2D eigenvalue weighted by atomic mass is 10.1. The van der Waals surface area contributed by atoms with Crippen molar-refractivity contribution in [2.24, 2.45) is 0 Å². The van der Waals surface area contributed by atoms with Crippen LogP contribution < -0.4 is 0 Å². The third-order valence-electron chi connectivity index (χ3n) is 9.92. The van der Waals surface area contributed by atoms with Crippen LogP contribution in [0.5, 0.6) is 0 Å². The van der Waals surface area contributed by atoms with Gasteiger partial charge in [0.1, 0.15) is 6.61 Å². The Morgan fingerprint density at radius 1 is 0.397 bits per heavy atom. The number of carbonyl (C=O) groups is 2. The van der Waals surface area contributed by atoms with Gasteiger partial charge in [0.05, 0.1) is 6.61 Å². The maximum Gasteiger partial charge on any atom is 0.306 e. The Morgan fingerprint density at radius 2 is 0.776 bits per heavy atom. The van der Waals surface area contributed by atoms with Gasteiger partial charge >= 0.3 is 11.9 Å². The fourth-order valence-corrected chi connectivity index (χ4v) is 6.33. The van der Waals surface area contributed by atoms with Crippen molar-refractivity contribution < 1.29 is 23.8 Å². The summed E-state index contributed by atoms with van der Waals surface area (Å²) in [6, 6.07) is 0. The van der Waals surface area contributed by atoms with Gasteiger partial charge < -0.3 is 14.2 Å². The molecule has 0 aromatic carbocycles. The summed E-state index contributed by atoms with van der Waals surface area (Å²) in [4.78, 5) is 25.1. The van der Waals surface area contributed by atoms with Gasteiger partial charge in [0.15, 0.2) is 6.10 Å². The molecule has 58 heavy (non-hydrogen) atoms. The van der Waals surface area contributed by atoms with Gasteiger partial charge in [0.2, 0.25) is 0 Å². The molecule has 1 unspecified atom stereocenters. The minimum atomic E-state index is -0.552. The SMILES string of the molecule is CC/C=C\C/C=C\C/C=C\C/C=C\C/C=C\CCCCCCOCC(COC(=O)CCCCCCCCC/C=C\C/C=C\CCCCC)OC(=O)CCCCCCC. The van der Waals surface area contributed by atoms with E-state index in [0.717, 1.165) is 96.3 Å². The van der Waals surface area contributed by atoms with Gasteiger partial charge in [-0.05, 0) is 96.3 Å². The van der Waals surface area contributed by atoms with Crippen molar-refractivity contribution in [1.82, 2.24) is 0 Å². The van der Waals surface area contributed by atoms with Crippen molar-refractivity contribution in [2.45, 2.75) is 219 Å². The van der Waals surface area contributed by atoms with Gasteiger partial charge in [0.25, 0.3) is 0 Å². The molecule has 0 aromatic rings. The van der Waals surface area contributed by atoms with Crippen LogP contribution in [0.4, 0.5) is 0 Å². The average Bonchev–Trinajstić information content (AvgIpc) is 3.22. The zero-order valence-electron chi connectivity index (χ0n) is 38.0. The summed E-state index contributed by atoms with van der Waals surface area (Å²) in [6.45, 7) is 7.55. The molecule has 1 atom stereocenters. The fourth-order valence-electron chi connectivity index (χ4n) is 6.33. The van der Waals surface area contributed by atoms with Crippen LogP contribution in [0.15, 0.2) is 85.1 Å². The van der Waals surface area contributed by atoms with E-state index in [-0.39, 0.29) is 25.2 Å². The Balaban J connectivity index is 4.12. The molecule has 332 valence electrons. The van der Waals surface area contributed by atoms with E-state index < -0.39 is 6.10 Å². The number of esters is 2. The zero-order valence-corrected chi connectivity index (χ0v) is 38.0. The summed E-state index contributed by atoms with van der Waals surface area (Å²) in [5.41, 5.74) is 0. The highest BCUT2D eigenvalue weighted by atomic mass is 16.6. The van der Waals surface area contributed by atoms with Crippen LogP contribution in [0.2, 0.25) is 0 Å². The highest BCUT2D eigenvalue weighted by molar-refractivity contribution is 5.70. The number of unbranched alkanes of at least 4 members (excludes halogenated alkanes) is 18. The van der Waals surface area contributed by atoms with Crippen LogP contribution in [0.1, 0.15) is 213 Å². The van der Waals surface area contributed by atoms with Crippen molar-refractivity contribution in [1.29, 1.82) is 0 Å². The predicted molar refractivity (Wildman–Crippen MR) is 251 cm³/mol. The van der Waals surface area contributed by atoms with Crippen molar-refractivity contribution in [3.05, 3.63) is 85.1 Å². The van der Waals surface area contributed by atoms with Crippen molar-refractivity contribution in [2.75, 3.05) is 19.8 Å². The molecule has 0 N–H and O–H groups in total. The third kappa shape index (κ3) is 45.8. The second-order valence-electron chi connectivity index (χ2n) is 15.6. The van der Waals surface area contributed by atoms with Crippen LogP contribution in [-0.2, 0) is 23.8 Å². The molecule has 0 radical (unpaired) electrons. The number of hydrogen-bond acceptors (Lipinski definition) is 5. The van der Waals surface area contributed by atoms with Gasteiger partial charge in [-0.3, -0.25) is 9.59 Å². The topological polar surface area (TPSA) is 61.8 Å². The van der Waals surface area contributed by atoms with E-state index in [1.54, 1.807) is 0 Å². The highest BCUT2D eigenvalue weighted by Crippen LogP contribution is 2.12. The maximum absolute atomic E-state index is 12.6. The van der Waals surface area contributed by atoms with Crippen LogP contribution >= 0.6 is 0 Å². The van der Waals surface area contributed by atoms with Crippen molar-refractivity contribution >= 4 is 11.9 Å². The summed E-state index contributed by atoms with van der Waals surface area (Å²) in [6.07, 6.45) is 63.3. The largest absolute Gasteiger partial charge is 0.462 e. The molecule has 0 aliphatic rings. The molecule has 0 saturated heterocycles. The monoisotopic (exact) mass is 807 g/mol. The molecule has 0 heterocycles. The van der Waals surface area contributed by atoms with E-state index >= 15 is 0 Å². The molecular formula is C53H90O5. The molecule has 0 aromatic heterocycles. The average molecular weight is 807 g/mol. The summed E-state index contributed by atoms with van der Waals surface area (Å²) >= 11 is 0. The number of rotatable bonds is 43.